The molecule has 0 radical (unpaired) electrons. The molecule has 0 amide bonds. The number of rotatable bonds is 4. The third-order valence-electron chi connectivity index (χ3n) is 11.0. The summed E-state index contributed by atoms with van der Waals surface area (Å²) in [7, 11) is 3.38. The van der Waals surface area contributed by atoms with Crippen LogP contribution in [0.2, 0.25) is 0 Å². The van der Waals surface area contributed by atoms with Gasteiger partial charge in [-0.05, 0) is 44.1 Å². The molecule has 1 spiro atoms. The number of likely N-dealkylation sites (tertiary alicyclic amines) is 1. The number of piperidine rings is 1. The van der Waals surface area contributed by atoms with Crippen LogP contribution in [0, 0.1) is 34.5 Å². The molecule has 7 heteroatoms. The van der Waals surface area contributed by atoms with Crippen molar-refractivity contribution in [3.05, 3.63) is 0 Å². The van der Waals surface area contributed by atoms with Gasteiger partial charge in [0.25, 0.3) is 0 Å². The molecule has 6 rings (SSSR count). The van der Waals surface area contributed by atoms with Crippen LogP contribution in [0.15, 0.2) is 0 Å². The van der Waals surface area contributed by atoms with Crippen molar-refractivity contribution in [3.63, 3.8) is 0 Å². The Hall–Kier alpha value is -0.280. The molecule has 12 atom stereocenters. The van der Waals surface area contributed by atoms with E-state index >= 15 is 0 Å². The van der Waals surface area contributed by atoms with Crippen molar-refractivity contribution >= 4 is 0 Å². The number of likely N-dealkylation sites (N-methyl/N-ethyl adjacent to an activating group) is 1. The normalized spacial score (nSPS) is 63.3. The molecule has 1 aliphatic heterocycles. The Morgan fingerprint density at radius 1 is 1.10 bits per heavy atom. The fourth-order valence-corrected chi connectivity index (χ4v) is 10.3. The molecule has 0 aromatic heterocycles. The van der Waals surface area contributed by atoms with Gasteiger partial charge in [0.2, 0.25) is 0 Å². The maximum absolute atomic E-state index is 12.4. The zero-order chi connectivity index (χ0) is 21.3. The van der Waals surface area contributed by atoms with Crippen LogP contribution in [0.25, 0.3) is 0 Å². The Morgan fingerprint density at radius 3 is 2.53 bits per heavy atom. The van der Waals surface area contributed by atoms with Gasteiger partial charge in [0.05, 0.1) is 24.9 Å². The average Bonchev–Trinajstić information content (AvgIpc) is 3.10. The SMILES string of the molecule is CCN1C[C@]2(COC)CC[C@@H](O)[C@@]34[C@@H]2C[C@@](O)([C@@H]13)[C@]1(O)C[C@@H](OC)[C@@H]2C[C@H]4[C@H]1[C@H]2O. The summed E-state index contributed by atoms with van der Waals surface area (Å²) in [6.45, 7) is 4.30. The number of aliphatic hydroxyl groups excluding tert-OH is 2. The lowest BCUT2D eigenvalue weighted by Crippen LogP contribution is -2.81. The fraction of sp³-hybridized carbons (Fsp3) is 1.00. The van der Waals surface area contributed by atoms with Gasteiger partial charge in [-0.25, -0.2) is 0 Å². The van der Waals surface area contributed by atoms with Crippen LogP contribution < -0.4 is 0 Å². The predicted molar refractivity (Wildman–Crippen MR) is 108 cm³/mol. The second-order valence-electron chi connectivity index (χ2n) is 11.4. The molecule has 4 N–H and O–H groups in total. The van der Waals surface area contributed by atoms with Crippen molar-refractivity contribution in [2.45, 2.75) is 74.6 Å². The Balaban J connectivity index is 1.62. The van der Waals surface area contributed by atoms with E-state index in [1.807, 2.05) is 0 Å². The van der Waals surface area contributed by atoms with Gasteiger partial charge >= 0.3 is 0 Å². The maximum Gasteiger partial charge on any atom is 0.110 e. The second kappa shape index (κ2) is 5.99. The second-order valence-corrected chi connectivity index (χ2v) is 11.4. The lowest BCUT2D eigenvalue weighted by Gasteiger charge is -2.70. The van der Waals surface area contributed by atoms with E-state index in [9.17, 15) is 20.4 Å². The first-order valence-corrected chi connectivity index (χ1v) is 11.8. The van der Waals surface area contributed by atoms with E-state index in [1.165, 1.54) is 0 Å². The van der Waals surface area contributed by atoms with Gasteiger partial charge in [-0.1, -0.05) is 6.92 Å². The standard InChI is InChI=1S/C23H37NO6/c1-4-24-10-20(11-29-2)6-5-16(25)23-13-7-12-14(30-3)8-21(27,17(13)18(12)26)22(28,19(23)24)9-15(20)23/h12-19,25-28H,4-11H2,1-3H3/t12-,13-,14+,15+,16+,17-,18-,19+,20-,21-,22+,23+/m0/s1. The van der Waals surface area contributed by atoms with Crippen molar-refractivity contribution in [1.82, 2.24) is 4.90 Å². The zero-order valence-corrected chi connectivity index (χ0v) is 18.3. The third kappa shape index (κ3) is 1.84. The van der Waals surface area contributed by atoms with E-state index in [0.29, 0.717) is 25.9 Å². The molecule has 5 aliphatic carbocycles. The molecule has 1 saturated heterocycles. The molecule has 0 aromatic carbocycles. The summed E-state index contributed by atoms with van der Waals surface area (Å²) in [5.74, 6) is -0.409. The number of methoxy groups -OCH3 is 2. The predicted octanol–water partition coefficient (Wildman–Crippen LogP) is -0.00800. The number of ether oxygens (including phenoxy) is 2. The molecule has 0 aromatic rings. The van der Waals surface area contributed by atoms with Crippen molar-refractivity contribution in [3.8, 4) is 0 Å². The Kier molecular flexibility index (Phi) is 4.06. The van der Waals surface area contributed by atoms with E-state index in [-0.39, 0.29) is 35.3 Å². The number of hydrogen-bond donors (Lipinski definition) is 4. The van der Waals surface area contributed by atoms with E-state index < -0.39 is 34.7 Å². The van der Waals surface area contributed by atoms with E-state index in [0.717, 1.165) is 25.9 Å². The van der Waals surface area contributed by atoms with Gasteiger partial charge in [-0.2, -0.15) is 0 Å². The first kappa shape index (κ1) is 20.3. The number of aliphatic hydroxyl groups is 4. The summed E-state index contributed by atoms with van der Waals surface area (Å²) in [5, 5.41) is 47.7. The van der Waals surface area contributed by atoms with Crippen LogP contribution in [-0.2, 0) is 9.47 Å². The largest absolute Gasteiger partial charge is 0.392 e. The van der Waals surface area contributed by atoms with Gasteiger partial charge in [-0.15, -0.1) is 0 Å². The maximum atomic E-state index is 12.4. The first-order chi connectivity index (χ1) is 14.2. The molecular formula is C23H37NO6. The summed E-state index contributed by atoms with van der Waals surface area (Å²) in [5.41, 5.74) is -3.43. The summed E-state index contributed by atoms with van der Waals surface area (Å²) >= 11 is 0. The molecule has 1 heterocycles. The van der Waals surface area contributed by atoms with Gasteiger partial charge in [0.15, 0.2) is 0 Å². The minimum Gasteiger partial charge on any atom is -0.392 e. The van der Waals surface area contributed by atoms with Crippen molar-refractivity contribution < 1.29 is 29.9 Å². The zero-order valence-electron chi connectivity index (χ0n) is 18.3. The minimum atomic E-state index is -1.41. The quantitative estimate of drug-likeness (QED) is 0.504. The van der Waals surface area contributed by atoms with Crippen LogP contribution in [0.5, 0.6) is 0 Å². The highest BCUT2D eigenvalue weighted by Gasteiger charge is 2.88. The molecule has 7 bridgehead atoms. The van der Waals surface area contributed by atoms with E-state index in [1.54, 1.807) is 14.2 Å². The number of nitrogens with zero attached hydrogens (tertiary/aromatic N) is 1. The number of hydrogen-bond acceptors (Lipinski definition) is 7. The molecule has 7 nitrogen and oxygen atoms in total. The highest BCUT2D eigenvalue weighted by atomic mass is 16.5. The van der Waals surface area contributed by atoms with Gasteiger partial charge < -0.3 is 29.9 Å². The molecule has 30 heavy (non-hydrogen) atoms. The van der Waals surface area contributed by atoms with E-state index in [4.69, 9.17) is 9.47 Å². The molecule has 0 unspecified atom stereocenters. The summed E-state index contributed by atoms with van der Waals surface area (Å²) < 4.78 is 11.5. The average molecular weight is 424 g/mol. The topological polar surface area (TPSA) is 103 Å². The number of fused-ring (bicyclic) bond motifs is 2. The molecule has 5 saturated carbocycles. The highest BCUT2D eigenvalue weighted by molar-refractivity contribution is 5.38. The molecule has 6 aliphatic rings. The smallest absolute Gasteiger partial charge is 0.110 e. The highest BCUT2D eigenvalue weighted by Crippen LogP contribution is 2.79. The minimum absolute atomic E-state index is 0.0266. The lowest BCUT2D eigenvalue weighted by atomic mass is 9.42. The Morgan fingerprint density at radius 2 is 1.87 bits per heavy atom. The third-order valence-corrected chi connectivity index (χ3v) is 11.0. The Labute approximate surface area is 178 Å². The summed E-state index contributed by atoms with van der Waals surface area (Å²) in [6, 6.07) is -0.298. The van der Waals surface area contributed by atoms with Crippen molar-refractivity contribution in [2.24, 2.45) is 34.5 Å². The lowest BCUT2D eigenvalue weighted by molar-refractivity contribution is -0.312. The van der Waals surface area contributed by atoms with Crippen LogP contribution in [0.1, 0.15) is 39.0 Å². The van der Waals surface area contributed by atoms with Crippen LogP contribution in [0.4, 0.5) is 0 Å². The molecule has 170 valence electrons. The first-order valence-electron chi connectivity index (χ1n) is 11.8. The van der Waals surface area contributed by atoms with Crippen molar-refractivity contribution in [1.29, 1.82) is 0 Å². The van der Waals surface area contributed by atoms with Crippen LogP contribution in [-0.4, -0.2) is 94.8 Å². The van der Waals surface area contributed by atoms with Gasteiger partial charge in [0.1, 0.15) is 11.2 Å². The summed E-state index contributed by atoms with van der Waals surface area (Å²) in [6.07, 6.45) is 1.61. The van der Waals surface area contributed by atoms with E-state index in [2.05, 4.69) is 11.8 Å². The Bertz CT molecular complexity index is 751. The van der Waals surface area contributed by atoms with Gasteiger partial charge in [0, 0.05) is 55.9 Å². The fourth-order valence-electron chi connectivity index (χ4n) is 10.3. The van der Waals surface area contributed by atoms with Crippen LogP contribution in [0.3, 0.4) is 0 Å². The van der Waals surface area contributed by atoms with Crippen LogP contribution >= 0.6 is 0 Å². The monoisotopic (exact) mass is 423 g/mol. The molecular weight excluding hydrogens is 386 g/mol. The van der Waals surface area contributed by atoms with Crippen molar-refractivity contribution in [2.75, 3.05) is 33.9 Å². The van der Waals surface area contributed by atoms with Gasteiger partial charge in [-0.3, -0.25) is 4.90 Å². The molecule has 6 fully saturated rings. The summed E-state index contributed by atoms with van der Waals surface area (Å²) in [4.78, 5) is 2.33.